The average Bonchev–Trinajstić information content (AvgIpc) is 2.39. The molecule has 0 unspecified atom stereocenters. The molecule has 2 aromatic heterocycles. The summed E-state index contributed by atoms with van der Waals surface area (Å²) in [5, 5.41) is 1.24. The summed E-state index contributed by atoms with van der Waals surface area (Å²) >= 11 is 0. The van der Waals surface area contributed by atoms with Crippen LogP contribution in [0.4, 0.5) is 5.82 Å². The molecule has 3 aromatic rings. The summed E-state index contributed by atoms with van der Waals surface area (Å²) in [6.07, 6.45) is 1.61. The number of hydrogen-bond donors (Lipinski definition) is 2. The van der Waals surface area contributed by atoms with Gasteiger partial charge in [0.1, 0.15) is 5.82 Å². The highest BCUT2D eigenvalue weighted by molar-refractivity contribution is 5.92. The van der Waals surface area contributed by atoms with E-state index in [-0.39, 0.29) is 11.4 Å². The first kappa shape index (κ1) is 10.5. The number of aromatic nitrogens is 2. The van der Waals surface area contributed by atoms with E-state index in [0.717, 1.165) is 16.6 Å². The minimum absolute atomic E-state index is 0.211. The molecule has 2 heterocycles. The number of aromatic amines is 1. The van der Waals surface area contributed by atoms with Crippen LogP contribution in [0.3, 0.4) is 0 Å². The lowest BCUT2D eigenvalue weighted by atomic mass is 10.1. The van der Waals surface area contributed by atoms with Crippen LogP contribution in [-0.2, 0) is 0 Å². The Morgan fingerprint density at radius 1 is 1.11 bits per heavy atom. The van der Waals surface area contributed by atoms with E-state index in [2.05, 4.69) is 9.97 Å². The van der Waals surface area contributed by atoms with Gasteiger partial charge in [0, 0.05) is 11.8 Å². The van der Waals surface area contributed by atoms with E-state index in [1.165, 1.54) is 0 Å². The predicted molar refractivity (Wildman–Crippen MR) is 72.2 cm³/mol. The Labute approximate surface area is 103 Å². The largest absolute Gasteiger partial charge is 0.383 e. The van der Waals surface area contributed by atoms with Crippen molar-refractivity contribution >= 4 is 16.6 Å². The third-order valence-electron chi connectivity index (χ3n) is 2.85. The summed E-state index contributed by atoms with van der Waals surface area (Å²) in [6.45, 7) is 0. The van der Waals surface area contributed by atoms with Crippen LogP contribution in [0.1, 0.15) is 0 Å². The molecule has 3 rings (SSSR count). The number of H-pyrrole nitrogens is 1. The number of nitrogen functional groups attached to an aromatic ring is 1. The summed E-state index contributed by atoms with van der Waals surface area (Å²) in [7, 11) is 0. The number of hydrogen-bond acceptors (Lipinski definition) is 3. The first-order chi connectivity index (χ1) is 8.75. The lowest BCUT2D eigenvalue weighted by Crippen LogP contribution is -2.08. The van der Waals surface area contributed by atoms with Gasteiger partial charge < -0.3 is 10.7 Å². The lowest BCUT2D eigenvalue weighted by Gasteiger charge is -2.05. The maximum absolute atomic E-state index is 11.7. The zero-order valence-corrected chi connectivity index (χ0v) is 9.55. The summed E-state index contributed by atoms with van der Waals surface area (Å²) < 4.78 is 0. The molecule has 0 fully saturated rings. The summed E-state index contributed by atoms with van der Waals surface area (Å²) in [5.74, 6) is 0.258. The van der Waals surface area contributed by atoms with Crippen molar-refractivity contribution in [2.45, 2.75) is 0 Å². The molecule has 0 atom stereocenters. The van der Waals surface area contributed by atoms with Crippen molar-refractivity contribution in [2.75, 3.05) is 5.73 Å². The molecule has 0 amide bonds. The maximum atomic E-state index is 11.7. The Morgan fingerprint density at radius 2 is 1.89 bits per heavy atom. The predicted octanol–water partition coefficient (Wildman–Crippen LogP) is 2.17. The quantitative estimate of drug-likeness (QED) is 0.681. The van der Waals surface area contributed by atoms with E-state index >= 15 is 0 Å². The Bertz CT molecular complexity index is 763. The highest BCUT2D eigenvalue weighted by atomic mass is 16.1. The van der Waals surface area contributed by atoms with Crippen LogP contribution in [0, 0.1) is 0 Å². The van der Waals surface area contributed by atoms with Gasteiger partial charge in [0.15, 0.2) is 0 Å². The van der Waals surface area contributed by atoms with Crippen LogP contribution in [0.2, 0.25) is 0 Å². The van der Waals surface area contributed by atoms with Crippen LogP contribution in [0.15, 0.2) is 53.5 Å². The van der Waals surface area contributed by atoms with Crippen molar-refractivity contribution in [3.05, 3.63) is 59.0 Å². The molecular weight excluding hydrogens is 226 g/mol. The highest BCUT2D eigenvalue weighted by Crippen LogP contribution is 2.23. The van der Waals surface area contributed by atoms with Crippen molar-refractivity contribution in [1.82, 2.24) is 9.97 Å². The molecule has 0 aliphatic rings. The van der Waals surface area contributed by atoms with E-state index in [4.69, 9.17) is 5.73 Å². The van der Waals surface area contributed by atoms with E-state index < -0.39 is 0 Å². The molecule has 4 nitrogen and oxygen atoms in total. The number of nitrogens with zero attached hydrogens (tertiary/aromatic N) is 1. The first-order valence-electron chi connectivity index (χ1n) is 5.59. The van der Waals surface area contributed by atoms with E-state index in [9.17, 15) is 4.79 Å². The van der Waals surface area contributed by atoms with Crippen LogP contribution in [0.5, 0.6) is 0 Å². The monoisotopic (exact) mass is 237 g/mol. The third kappa shape index (κ3) is 1.64. The van der Waals surface area contributed by atoms with Crippen LogP contribution >= 0.6 is 0 Å². The fourth-order valence-electron chi connectivity index (χ4n) is 2.00. The molecule has 0 aliphatic heterocycles. The molecular formula is C14H11N3O. The van der Waals surface area contributed by atoms with Crippen molar-refractivity contribution in [2.24, 2.45) is 0 Å². The van der Waals surface area contributed by atoms with Crippen LogP contribution < -0.4 is 11.3 Å². The summed E-state index contributed by atoms with van der Waals surface area (Å²) in [4.78, 5) is 18.6. The Hall–Kier alpha value is -2.62. The number of nitrogens with two attached hydrogens (primary N) is 1. The van der Waals surface area contributed by atoms with Gasteiger partial charge in [0.2, 0.25) is 0 Å². The Balaban J connectivity index is 2.32. The van der Waals surface area contributed by atoms with Gasteiger partial charge in [0.05, 0.1) is 11.1 Å². The highest BCUT2D eigenvalue weighted by Gasteiger charge is 2.07. The zero-order chi connectivity index (χ0) is 12.5. The molecule has 3 N–H and O–H groups in total. The minimum Gasteiger partial charge on any atom is -0.383 e. The Morgan fingerprint density at radius 3 is 2.67 bits per heavy atom. The van der Waals surface area contributed by atoms with Crippen molar-refractivity contribution < 1.29 is 0 Å². The first-order valence-corrected chi connectivity index (χ1v) is 5.59. The molecule has 0 radical (unpaired) electrons. The number of rotatable bonds is 1. The van der Waals surface area contributed by atoms with Gasteiger partial charge in [-0.3, -0.25) is 4.79 Å². The van der Waals surface area contributed by atoms with Crippen molar-refractivity contribution in [1.29, 1.82) is 0 Å². The topological polar surface area (TPSA) is 71.8 Å². The molecule has 0 saturated heterocycles. The normalized spacial score (nSPS) is 10.7. The molecule has 18 heavy (non-hydrogen) atoms. The minimum atomic E-state index is -0.211. The van der Waals surface area contributed by atoms with E-state index in [1.54, 1.807) is 6.20 Å². The second kappa shape index (κ2) is 4.00. The van der Waals surface area contributed by atoms with Gasteiger partial charge in [-0.15, -0.1) is 0 Å². The van der Waals surface area contributed by atoms with Crippen LogP contribution in [-0.4, -0.2) is 9.97 Å². The van der Waals surface area contributed by atoms with Crippen LogP contribution in [0.25, 0.3) is 22.0 Å². The lowest BCUT2D eigenvalue weighted by molar-refractivity contribution is 1.26. The maximum Gasteiger partial charge on any atom is 0.259 e. The third-order valence-corrected chi connectivity index (χ3v) is 2.85. The molecule has 4 heteroatoms. The molecule has 1 aromatic carbocycles. The molecule has 88 valence electrons. The summed E-state index contributed by atoms with van der Waals surface area (Å²) in [5.41, 5.74) is 7.40. The van der Waals surface area contributed by atoms with Gasteiger partial charge in [-0.2, -0.15) is 0 Å². The fraction of sp³-hybridized carbons (Fsp3) is 0. The van der Waals surface area contributed by atoms with Crippen molar-refractivity contribution in [3.63, 3.8) is 0 Å². The van der Waals surface area contributed by atoms with Gasteiger partial charge in [-0.05, 0) is 17.5 Å². The molecule has 0 aliphatic carbocycles. The van der Waals surface area contributed by atoms with Gasteiger partial charge >= 0.3 is 0 Å². The molecule has 0 spiro atoms. The van der Waals surface area contributed by atoms with Gasteiger partial charge in [-0.1, -0.05) is 30.3 Å². The molecule has 0 saturated carbocycles. The van der Waals surface area contributed by atoms with Gasteiger partial charge in [-0.25, -0.2) is 4.98 Å². The van der Waals surface area contributed by atoms with E-state index in [0.29, 0.717) is 5.39 Å². The second-order valence-electron chi connectivity index (χ2n) is 4.03. The number of benzene rings is 1. The van der Waals surface area contributed by atoms with Gasteiger partial charge in [0.25, 0.3) is 5.56 Å². The average molecular weight is 237 g/mol. The Kier molecular flexibility index (Phi) is 2.34. The SMILES string of the molecule is Nc1nc(-c2ccccc2)cc2cc[nH]c(=O)c12. The standard InChI is InChI=1S/C14H11N3O/c15-13-12-10(6-7-16-14(12)18)8-11(17-13)9-4-2-1-3-5-9/h1-8H,(H2,15,17)(H,16,18). The van der Waals surface area contributed by atoms with E-state index in [1.807, 2.05) is 42.5 Å². The van der Waals surface area contributed by atoms with Crippen molar-refractivity contribution in [3.8, 4) is 11.3 Å². The summed E-state index contributed by atoms with van der Waals surface area (Å²) in [6, 6.07) is 13.4. The number of anilines is 1. The number of nitrogens with one attached hydrogen (secondary N) is 1. The fourth-order valence-corrected chi connectivity index (χ4v) is 2.00. The zero-order valence-electron chi connectivity index (χ0n) is 9.55. The smallest absolute Gasteiger partial charge is 0.259 e. The number of fused-ring (bicyclic) bond motifs is 1. The second-order valence-corrected chi connectivity index (χ2v) is 4.03. The molecule has 0 bridgehead atoms. The number of pyridine rings is 2.